The molecule has 132 valence electrons. The fraction of sp³-hybridized carbons (Fsp3) is 0.381. The van der Waals surface area contributed by atoms with Crippen molar-refractivity contribution >= 4 is 17.0 Å². The monoisotopic (exact) mass is 337 g/mol. The molecule has 0 amide bonds. The molecule has 4 heteroatoms. The number of nitrogens with one attached hydrogen (secondary N) is 1. The number of para-hydroxylation sites is 3. The fourth-order valence-corrected chi connectivity index (χ4v) is 3.14. The smallest absolute Gasteiger partial charge is 0.204 e. The normalized spacial score (nSPS) is 11.1. The van der Waals surface area contributed by atoms with Gasteiger partial charge < -0.3 is 15.0 Å². The van der Waals surface area contributed by atoms with Gasteiger partial charge >= 0.3 is 0 Å². The molecule has 25 heavy (non-hydrogen) atoms. The maximum atomic E-state index is 9.95. The zero-order valence-corrected chi connectivity index (χ0v) is 14.9. The highest BCUT2D eigenvalue weighted by Crippen LogP contribution is 2.23. The third-order valence-electron chi connectivity index (χ3n) is 4.57. The minimum Gasteiger partial charge on any atom is -0.508 e. The van der Waals surface area contributed by atoms with E-state index in [0.717, 1.165) is 35.5 Å². The molecule has 0 aliphatic rings. The summed E-state index contributed by atoms with van der Waals surface area (Å²) in [7, 11) is 0. The molecule has 3 rings (SSSR count). The van der Waals surface area contributed by atoms with Crippen LogP contribution in [-0.4, -0.2) is 14.7 Å². The first kappa shape index (κ1) is 17.3. The standard InChI is InChI=1S/C21H27N3O/c1-2-3-4-5-10-15-24-19-13-8-7-12-18(19)23-21(24)22-16-17-11-6-9-14-20(17)25/h6-9,11-14,25H,2-5,10,15-16H2,1H3,(H,22,23). The van der Waals surface area contributed by atoms with Crippen molar-refractivity contribution < 1.29 is 5.11 Å². The van der Waals surface area contributed by atoms with Gasteiger partial charge in [0.1, 0.15) is 5.75 Å². The first-order valence-corrected chi connectivity index (χ1v) is 9.25. The molecule has 4 nitrogen and oxygen atoms in total. The lowest BCUT2D eigenvalue weighted by Gasteiger charge is -2.11. The lowest BCUT2D eigenvalue weighted by Crippen LogP contribution is -2.08. The predicted molar refractivity (Wildman–Crippen MR) is 104 cm³/mol. The molecule has 0 aliphatic carbocycles. The van der Waals surface area contributed by atoms with Crippen molar-refractivity contribution in [2.75, 3.05) is 5.32 Å². The van der Waals surface area contributed by atoms with E-state index in [9.17, 15) is 5.11 Å². The summed E-state index contributed by atoms with van der Waals surface area (Å²) in [6, 6.07) is 15.7. The van der Waals surface area contributed by atoms with Gasteiger partial charge in [0.05, 0.1) is 11.0 Å². The van der Waals surface area contributed by atoms with Crippen LogP contribution in [0.15, 0.2) is 48.5 Å². The van der Waals surface area contributed by atoms with Crippen LogP contribution in [0.2, 0.25) is 0 Å². The predicted octanol–water partition coefficient (Wildman–Crippen LogP) is 5.32. The average Bonchev–Trinajstić information content (AvgIpc) is 2.99. The molecule has 0 radical (unpaired) electrons. The minimum atomic E-state index is 0.317. The summed E-state index contributed by atoms with van der Waals surface area (Å²) in [5.41, 5.74) is 3.05. The molecule has 1 heterocycles. The van der Waals surface area contributed by atoms with Gasteiger partial charge in [0, 0.05) is 18.7 Å². The quantitative estimate of drug-likeness (QED) is 0.519. The van der Waals surface area contributed by atoms with Crippen LogP contribution in [0.3, 0.4) is 0 Å². The molecule has 2 aromatic carbocycles. The van der Waals surface area contributed by atoms with Gasteiger partial charge in [0.2, 0.25) is 5.95 Å². The van der Waals surface area contributed by atoms with Gasteiger partial charge in [0.25, 0.3) is 0 Å². The van der Waals surface area contributed by atoms with Crippen LogP contribution in [-0.2, 0) is 13.1 Å². The van der Waals surface area contributed by atoms with Gasteiger partial charge in [-0.1, -0.05) is 62.9 Å². The lowest BCUT2D eigenvalue weighted by atomic mass is 10.1. The number of nitrogens with zero attached hydrogens (tertiary/aromatic N) is 2. The number of phenols is 1. The molecule has 0 saturated heterocycles. The largest absolute Gasteiger partial charge is 0.508 e. The molecule has 0 unspecified atom stereocenters. The van der Waals surface area contributed by atoms with Crippen molar-refractivity contribution in [1.82, 2.24) is 9.55 Å². The van der Waals surface area contributed by atoms with E-state index in [2.05, 4.69) is 28.9 Å². The Morgan fingerprint density at radius 1 is 0.960 bits per heavy atom. The molecular weight excluding hydrogens is 310 g/mol. The van der Waals surface area contributed by atoms with Gasteiger partial charge in [-0.3, -0.25) is 0 Å². The third-order valence-corrected chi connectivity index (χ3v) is 4.57. The van der Waals surface area contributed by atoms with Crippen molar-refractivity contribution in [3.63, 3.8) is 0 Å². The van der Waals surface area contributed by atoms with Gasteiger partial charge in [-0.25, -0.2) is 4.98 Å². The van der Waals surface area contributed by atoms with Crippen molar-refractivity contribution in [3.8, 4) is 5.75 Å². The van der Waals surface area contributed by atoms with Crippen LogP contribution in [0.5, 0.6) is 5.75 Å². The summed E-state index contributed by atoms with van der Waals surface area (Å²) in [5, 5.41) is 13.4. The van der Waals surface area contributed by atoms with Gasteiger partial charge in [-0.15, -0.1) is 0 Å². The fourth-order valence-electron chi connectivity index (χ4n) is 3.14. The van der Waals surface area contributed by atoms with E-state index in [0.29, 0.717) is 12.3 Å². The van der Waals surface area contributed by atoms with E-state index in [4.69, 9.17) is 4.98 Å². The van der Waals surface area contributed by atoms with Crippen LogP contribution in [0.4, 0.5) is 5.95 Å². The molecule has 2 N–H and O–H groups in total. The zero-order valence-electron chi connectivity index (χ0n) is 14.9. The molecule has 0 saturated carbocycles. The number of rotatable bonds is 9. The van der Waals surface area contributed by atoms with Crippen molar-refractivity contribution in [3.05, 3.63) is 54.1 Å². The molecule has 3 aromatic rings. The number of hydrogen-bond acceptors (Lipinski definition) is 3. The number of aromatic hydroxyl groups is 1. The topological polar surface area (TPSA) is 50.1 Å². The number of imidazole rings is 1. The second-order valence-corrected chi connectivity index (χ2v) is 6.47. The van der Waals surface area contributed by atoms with Gasteiger partial charge in [-0.2, -0.15) is 0 Å². The van der Waals surface area contributed by atoms with E-state index < -0.39 is 0 Å². The Kier molecular flexibility index (Phi) is 5.94. The number of aryl methyl sites for hydroxylation is 1. The Labute approximate surface area is 149 Å². The van der Waals surface area contributed by atoms with Crippen LogP contribution < -0.4 is 5.32 Å². The van der Waals surface area contributed by atoms with E-state index in [1.165, 1.54) is 25.7 Å². The number of unbranched alkanes of at least 4 members (excludes halogenated alkanes) is 4. The highest BCUT2D eigenvalue weighted by Gasteiger charge is 2.10. The second kappa shape index (κ2) is 8.56. The summed E-state index contributed by atoms with van der Waals surface area (Å²) in [6.45, 7) is 3.77. The zero-order chi connectivity index (χ0) is 17.5. The second-order valence-electron chi connectivity index (χ2n) is 6.47. The van der Waals surface area contributed by atoms with Crippen LogP contribution in [0, 0.1) is 0 Å². The molecule has 0 atom stereocenters. The van der Waals surface area contributed by atoms with Crippen molar-refractivity contribution in [1.29, 1.82) is 0 Å². The third kappa shape index (κ3) is 4.32. The Morgan fingerprint density at radius 3 is 2.56 bits per heavy atom. The number of aromatic nitrogens is 2. The first-order valence-electron chi connectivity index (χ1n) is 9.25. The minimum absolute atomic E-state index is 0.317. The van der Waals surface area contributed by atoms with Gasteiger partial charge in [0.15, 0.2) is 0 Å². The Hall–Kier alpha value is -2.49. The molecule has 1 aromatic heterocycles. The number of phenolic OH excluding ortho intramolecular Hbond substituents is 1. The number of benzene rings is 2. The Balaban J connectivity index is 1.74. The maximum absolute atomic E-state index is 9.95. The van der Waals surface area contributed by atoms with Crippen LogP contribution in [0.1, 0.15) is 44.6 Å². The number of hydrogen-bond donors (Lipinski definition) is 2. The molecule has 0 bridgehead atoms. The molecule has 0 spiro atoms. The maximum Gasteiger partial charge on any atom is 0.204 e. The summed E-state index contributed by atoms with van der Waals surface area (Å²) >= 11 is 0. The molecule has 0 fully saturated rings. The molecule has 0 aliphatic heterocycles. The number of anilines is 1. The highest BCUT2D eigenvalue weighted by atomic mass is 16.3. The Morgan fingerprint density at radius 2 is 1.72 bits per heavy atom. The first-order chi connectivity index (χ1) is 12.3. The van der Waals surface area contributed by atoms with Crippen LogP contribution >= 0.6 is 0 Å². The summed E-state index contributed by atoms with van der Waals surface area (Å²) in [4.78, 5) is 4.74. The van der Waals surface area contributed by atoms with Crippen molar-refractivity contribution in [2.45, 2.75) is 52.1 Å². The van der Waals surface area contributed by atoms with Crippen LogP contribution in [0.25, 0.3) is 11.0 Å². The summed E-state index contributed by atoms with van der Waals surface area (Å²) in [5.74, 6) is 1.19. The van der Waals surface area contributed by atoms with Crippen molar-refractivity contribution in [2.24, 2.45) is 0 Å². The average molecular weight is 337 g/mol. The van der Waals surface area contributed by atoms with E-state index in [1.807, 2.05) is 30.3 Å². The summed E-state index contributed by atoms with van der Waals surface area (Å²) in [6.07, 6.45) is 6.28. The van der Waals surface area contributed by atoms with Gasteiger partial charge in [-0.05, 0) is 24.6 Å². The SMILES string of the molecule is CCCCCCCn1c(NCc2ccccc2O)nc2ccccc21. The summed E-state index contributed by atoms with van der Waals surface area (Å²) < 4.78 is 2.27. The molecular formula is C21H27N3O. The van der Waals surface area contributed by atoms with E-state index in [-0.39, 0.29) is 0 Å². The van der Waals surface area contributed by atoms with E-state index in [1.54, 1.807) is 6.07 Å². The lowest BCUT2D eigenvalue weighted by molar-refractivity contribution is 0.469. The highest BCUT2D eigenvalue weighted by molar-refractivity contribution is 5.78. The van der Waals surface area contributed by atoms with E-state index >= 15 is 0 Å². The Bertz CT molecular complexity index is 810. The number of fused-ring (bicyclic) bond motifs is 1.